The Balaban J connectivity index is 1.46. The summed E-state index contributed by atoms with van der Waals surface area (Å²) in [6, 6.07) is 22.1. The van der Waals surface area contributed by atoms with E-state index in [0.29, 0.717) is 17.1 Å². The standard InChI is InChI=1S/C22H17BrN4O2/c23-15-11-9-14(10-12-15)22(29)24-13-20(28)25-17-6-2-1-5-16(17)21-26-18-7-3-4-8-19(18)27-21/h1-12H,13H2,(H,24,29)(H,25,28)(H,26,27). The number of hydrogen-bond acceptors (Lipinski definition) is 3. The van der Waals surface area contributed by atoms with Crippen LogP contribution < -0.4 is 10.6 Å². The average Bonchev–Trinajstić information content (AvgIpc) is 3.17. The number of amides is 2. The van der Waals surface area contributed by atoms with E-state index in [9.17, 15) is 9.59 Å². The number of benzene rings is 3. The fourth-order valence-electron chi connectivity index (χ4n) is 2.94. The highest BCUT2D eigenvalue weighted by Crippen LogP contribution is 2.27. The topological polar surface area (TPSA) is 86.9 Å². The zero-order valence-electron chi connectivity index (χ0n) is 15.3. The average molecular weight is 449 g/mol. The molecule has 144 valence electrons. The number of nitrogens with zero attached hydrogens (tertiary/aromatic N) is 1. The van der Waals surface area contributed by atoms with Gasteiger partial charge in [0.1, 0.15) is 5.82 Å². The third kappa shape index (κ3) is 4.35. The minimum Gasteiger partial charge on any atom is -0.343 e. The van der Waals surface area contributed by atoms with Crippen molar-refractivity contribution in [3.8, 4) is 11.4 Å². The van der Waals surface area contributed by atoms with Gasteiger partial charge in [-0.05, 0) is 48.5 Å². The maximum Gasteiger partial charge on any atom is 0.251 e. The molecule has 0 spiro atoms. The van der Waals surface area contributed by atoms with Crippen molar-refractivity contribution in [3.63, 3.8) is 0 Å². The number of nitrogens with one attached hydrogen (secondary N) is 3. The highest BCUT2D eigenvalue weighted by Gasteiger charge is 2.13. The first-order chi connectivity index (χ1) is 14.1. The molecule has 1 aromatic heterocycles. The van der Waals surface area contributed by atoms with Crippen molar-refractivity contribution in [2.24, 2.45) is 0 Å². The quantitative estimate of drug-likeness (QED) is 0.423. The molecule has 0 aliphatic carbocycles. The number of anilines is 1. The predicted octanol–water partition coefficient (Wildman–Crippen LogP) is 4.36. The molecule has 0 atom stereocenters. The van der Waals surface area contributed by atoms with Crippen molar-refractivity contribution < 1.29 is 9.59 Å². The lowest BCUT2D eigenvalue weighted by Gasteiger charge is -2.10. The second-order valence-corrected chi connectivity index (χ2v) is 7.30. The fraction of sp³-hybridized carbons (Fsp3) is 0.0455. The molecule has 0 saturated heterocycles. The molecule has 6 nitrogen and oxygen atoms in total. The summed E-state index contributed by atoms with van der Waals surface area (Å²) in [6.07, 6.45) is 0. The molecule has 0 unspecified atom stereocenters. The van der Waals surface area contributed by atoms with Crippen LogP contribution in [-0.4, -0.2) is 28.3 Å². The molecule has 0 saturated carbocycles. The van der Waals surface area contributed by atoms with Crippen molar-refractivity contribution in [1.82, 2.24) is 15.3 Å². The molecule has 0 radical (unpaired) electrons. The van der Waals surface area contributed by atoms with Crippen molar-refractivity contribution in [1.29, 1.82) is 0 Å². The zero-order valence-corrected chi connectivity index (χ0v) is 16.9. The number of imidazole rings is 1. The number of rotatable bonds is 5. The van der Waals surface area contributed by atoms with Gasteiger partial charge >= 0.3 is 0 Å². The number of aromatic nitrogens is 2. The number of aromatic amines is 1. The maximum atomic E-state index is 12.4. The highest BCUT2D eigenvalue weighted by atomic mass is 79.9. The van der Waals surface area contributed by atoms with E-state index in [-0.39, 0.29) is 18.4 Å². The Bertz CT molecular complexity index is 1150. The Kier molecular flexibility index (Phi) is 5.39. The molecule has 4 aromatic rings. The molecule has 3 aromatic carbocycles. The van der Waals surface area contributed by atoms with Crippen LogP contribution in [0, 0.1) is 0 Å². The predicted molar refractivity (Wildman–Crippen MR) is 117 cm³/mol. The highest BCUT2D eigenvalue weighted by molar-refractivity contribution is 9.10. The van der Waals surface area contributed by atoms with Gasteiger partial charge in [-0.25, -0.2) is 4.98 Å². The van der Waals surface area contributed by atoms with Crippen LogP contribution in [0.25, 0.3) is 22.4 Å². The summed E-state index contributed by atoms with van der Waals surface area (Å²) >= 11 is 3.33. The molecule has 0 bridgehead atoms. The summed E-state index contributed by atoms with van der Waals surface area (Å²) in [5.74, 6) is 0.0400. The van der Waals surface area contributed by atoms with E-state index in [0.717, 1.165) is 21.1 Å². The maximum absolute atomic E-state index is 12.4. The minimum absolute atomic E-state index is 0.136. The number of carbonyl (C=O) groups is 2. The SMILES string of the molecule is O=C(CNC(=O)c1ccc(Br)cc1)Nc1ccccc1-c1nc2ccccc2[nH]1. The molecule has 0 aliphatic heterocycles. The summed E-state index contributed by atoms with van der Waals surface area (Å²) in [5.41, 5.74) is 3.66. The number of carbonyl (C=O) groups excluding carboxylic acids is 2. The second kappa shape index (κ2) is 8.28. The number of para-hydroxylation sites is 3. The lowest BCUT2D eigenvalue weighted by Crippen LogP contribution is -2.32. The smallest absolute Gasteiger partial charge is 0.251 e. The molecule has 7 heteroatoms. The lowest BCUT2D eigenvalue weighted by atomic mass is 10.1. The van der Waals surface area contributed by atoms with E-state index < -0.39 is 0 Å². The van der Waals surface area contributed by atoms with E-state index in [1.165, 1.54) is 0 Å². The molecule has 2 amide bonds. The van der Waals surface area contributed by atoms with E-state index in [1.54, 1.807) is 30.3 Å². The van der Waals surface area contributed by atoms with Gasteiger partial charge < -0.3 is 15.6 Å². The Morgan fingerprint density at radius 3 is 2.45 bits per heavy atom. The van der Waals surface area contributed by atoms with Gasteiger partial charge in [-0.15, -0.1) is 0 Å². The van der Waals surface area contributed by atoms with Crippen molar-refractivity contribution >= 4 is 44.5 Å². The number of hydrogen-bond donors (Lipinski definition) is 3. The van der Waals surface area contributed by atoms with Crippen molar-refractivity contribution in [2.75, 3.05) is 11.9 Å². The largest absolute Gasteiger partial charge is 0.343 e. The van der Waals surface area contributed by atoms with Crippen LogP contribution >= 0.6 is 15.9 Å². The van der Waals surface area contributed by atoms with Crippen LogP contribution in [0.4, 0.5) is 5.69 Å². The van der Waals surface area contributed by atoms with Crippen LogP contribution in [0.3, 0.4) is 0 Å². The number of fused-ring (bicyclic) bond motifs is 1. The summed E-state index contributed by atoms with van der Waals surface area (Å²) in [5, 5.41) is 5.48. The van der Waals surface area contributed by atoms with Crippen LogP contribution in [0.2, 0.25) is 0 Å². The van der Waals surface area contributed by atoms with Crippen molar-refractivity contribution in [3.05, 3.63) is 82.8 Å². The molecule has 4 rings (SSSR count). The van der Waals surface area contributed by atoms with E-state index in [2.05, 4.69) is 36.5 Å². The van der Waals surface area contributed by atoms with Gasteiger partial charge in [-0.2, -0.15) is 0 Å². The van der Waals surface area contributed by atoms with Crippen molar-refractivity contribution in [2.45, 2.75) is 0 Å². The van der Waals surface area contributed by atoms with Gasteiger partial charge in [0.25, 0.3) is 5.91 Å². The van der Waals surface area contributed by atoms with Gasteiger partial charge in [-0.3, -0.25) is 9.59 Å². The Morgan fingerprint density at radius 2 is 1.66 bits per heavy atom. The molecule has 3 N–H and O–H groups in total. The first-order valence-corrected chi connectivity index (χ1v) is 9.77. The first-order valence-electron chi connectivity index (χ1n) is 8.98. The zero-order chi connectivity index (χ0) is 20.2. The Hall–Kier alpha value is -3.45. The van der Waals surface area contributed by atoms with E-state index in [4.69, 9.17) is 0 Å². The van der Waals surface area contributed by atoms with Gasteiger partial charge in [-0.1, -0.05) is 40.2 Å². The lowest BCUT2D eigenvalue weighted by molar-refractivity contribution is -0.115. The van der Waals surface area contributed by atoms with Gasteiger partial charge in [0.2, 0.25) is 5.91 Å². The number of H-pyrrole nitrogens is 1. The second-order valence-electron chi connectivity index (χ2n) is 6.39. The number of halogens is 1. The van der Waals surface area contributed by atoms with Gasteiger partial charge in [0.05, 0.1) is 23.3 Å². The molecular weight excluding hydrogens is 432 g/mol. The first kappa shape index (κ1) is 18.9. The van der Waals surface area contributed by atoms with Crippen LogP contribution in [-0.2, 0) is 4.79 Å². The monoisotopic (exact) mass is 448 g/mol. The summed E-state index contributed by atoms with van der Waals surface area (Å²) in [7, 11) is 0. The normalized spacial score (nSPS) is 10.7. The van der Waals surface area contributed by atoms with Crippen LogP contribution in [0.5, 0.6) is 0 Å². The Labute approximate surface area is 175 Å². The fourth-order valence-corrected chi connectivity index (χ4v) is 3.20. The minimum atomic E-state index is -0.320. The summed E-state index contributed by atoms with van der Waals surface area (Å²) < 4.78 is 0.883. The third-order valence-electron chi connectivity index (χ3n) is 4.36. The summed E-state index contributed by atoms with van der Waals surface area (Å²) in [4.78, 5) is 32.4. The molecule has 0 aliphatic rings. The van der Waals surface area contributed by atoms with Crippen LogP contribution in [0.15, 0.2) is 77.3 Å². The molecule has 29 heavy (non-hydrogen) atoms. The van der Waals surface area contributed by atoms with E-state index in [1.807, 2.05) is 42.5 Å². The van der Waals surface area contributed by atoms with E-state index >= 15 is 0 Å². The Morgan fingerprint density at radius 1 is 0.931 bits per heavy atom. The third-order valence-corrected chi connectivity index (χ3v) is 4.89. The van der Waals surface area contributed by atoms with Gasteiger partial charge in [0, 0.05) is 15.6 Å². The van der Waals surface area contributed by atoms with Gasteiger partial charge in [0.15, 0.2) is 0 Å². The summed E-state index contributed by atoms with van der Waals surface area (Å²) in [6.45, 7) is -0.136. The molecule has 0 fully saturated rings. The molecular formula is C22H17BrN4O2. The molecule has 1 heterocycles. The van der Waals surface area contributed by atoms with Crippen LogP contribution in [0.1, 0.15) is 10.4 Å².